The SMILES string of the molecule is C[C@@H](NC(=O)[C@H]1Cc2ccccc2CN1S(C)(=O)=O)c1cc2ccccc2o1. The van der Waals surface area contributed by atoms with Gasteiger partial charge in [-0.1, -0.05) is 42.5 Å². The normalized spacial score (nSPS) is 18.6. The van der Waals surface area contributed by atoms with Gasteiger partial charge in [0.15, 0.2) is 0 Å². The van der Waals surface area contributed by atoms with E-state index >= 15 is 0 Å². The number of carbonyl (C=O) groups excluding carboxylic acids is 1. The van der Waals surface area contributed by atoms with Gasteiger partial charge in [0.05, 0.1) is 12.3 Å². The molecule has 0 saturated carbocycles. The van der Waals surface area contributed by atoms with Crippen LogP contribution < -0.4 is 5.32 Å². The van der Waals surface area contributed by atoms with Gasteiger partial charge in [-0.15, -0.1) is 0 Å². The van der Waals surface area contributed by atoms with Crippen molar-refractivity contribution in [1.82, 2.24) is 9.62 Å². The van der Waals surface area contributed by atoms with Gasteiger partial charge in [-0.25, -0.2) is 8.42 Å². The summed E-state index contributed by atoms with van der Waals surface area (Å²) >= 11 is 0. The highest BCUT2D eigenvalue weighted by atomic mass is 32.2. The first-order valence-corrected chi connectivity index (χ1v) is 11.0. The number of amides is 1. The van der Waals surface area contributed by atoms with Gasteiger partial charge >= 0.3 is 0 Å². The molecule has 146 valence electrons. The van der Waals surface area contributed by atoms with Crippen LogP contribution in [0.1, 0.15) is 29.9 Å². The molecule has 1 aromatic heterocycles. The van der Waals surface area contributed by atoms with E-state index in [1.54, 1.807) is 0 Å². The van der Waals surface area contributed by atoms with Crippen molar-refractivity contribution in [3.63, 3.8) is 0 Å². The lowest BCUT2D eigenvalue weighted by Gasteiger charge is -2.34. The lowest BCUT2D eigenvalue weighted by Crippen LogP contribution is -2.52. The maximum atomic E-state index is 13.0. The van der Waals surface area contributed by atoms with Crippen LogP contribution in [0.25, 0.3) is 11.0 Å². The van der Waals surface area contributed by atoms with Gasteiger partial charge in [-0.05, 0) is 36.6 Å². The Morgan fingerprint density at radius 3 is 2.54 bits per heavy atom. The highest BCUT2D eigenvalue weighted by Gasteiger charge is 2.37. The number of furan rings is 1. The molecule has 28 heavy (non-hydrogen) atoms. The smallest absolute Gasteiger partial charge is 0.239 e. The zero-order chi connectivity index (χ0) is 19.9. The van der Waals surface area contributed by atoms with E-state index in [1.165, 1.54) is 4.31 Å². The molecule has 0 bridgehead atoms. The lowest BCUT2D eigenvalue weighted by molar-refractivity contribution is -0.126. The van der Waals surface area contributed by atoms with Crippen LogP contribution in [0.5, 0.6) is 0 Å². The van der Waals surface area contributed by atoms with E-state index in [1.807, 2.05) is 61.5 Å². The predicted molar refractivity (Wildman–Crippen MR) is 107 cm³/mol. The number of fused-ring (bicyclic) bond motifs is 2. The molecule has 4 rings (SSSR count). The van der Waals surface area contributed by atoms with Crippen LogP contribution in [0.4, 0.5) is 0 Å². The second kappa shape index (κ2) is 7.07. The number of nitrogens with zero attached hydrogens (tertiary/aromatic N) is 1. The topological polar surface area (TPSA) is 79.6 Å². The van der Waals surface area contributed by atoms with E-state index in [4.69, 9.17) is 4.42 Å². The minimum Gasteiger partial charge on any atom is -0.459 e. The zero-order valence-corrected chi connectivity index (χ0v) is 16.6. The first kappa shape index (κ1) is 18.7. The maximum absolute atomic E-state index is 13.0. The number of rotatable bonds is 4. The van der Waals surface area contributed by atoms with Crippen molar-refractivity contribution in [3.8, 4) is 0 Å². The van der Waals surface area contributed by atoms with E-state index in [-0.39, 0.29) is 18.5 Å². The third-order valence-electron chi connectivity index (χ3n) is 5.16. The first-order chi connectivity index (χ1) is 13.3. The quantitative estimate of drug-likeness (QED) is 0.733. The Kier molecular flexibility index (Phi) is 4.72. The second-order valence-corrected chi connectivity index (χ2v) is 9.15. The molecule has 0 unspecified atom stereocenters. The summed E-state index contributed by atoms with van der Waals surface area (Å²) in [5, 5.41) is 3.88. The van der Waals surface area contributed by atoms with E-state index in [0.717, 1.165) is 28.4 Å². The zero-order valence-electron chi connectivity index (χ0n) is 15.8. The summed E-state index contributed by atoms with van der Waals surface area (Å²) in [6.45, 7) is 2.03. The van der Waals surface area contributed by atoms with Crippen LogP contribution in [-0.2, 0) is 27.8 Å². The molecule has 1 aliphatic heterocycles. The van der Waals surface area contributed by atoms with Gasteiger partial charge < -0.3 is 9.73 Å². The number of hydrogen-bond donors (Lipinski definition) is 1. The van der Waals surface area contributed by atoms with Gasteiger partial charge in [-0.2, -0.15) is 4.31 Å². The number of sulfonamides is 1. The molecule has 0 radical (unpaired) electrons. The number of hydrogen-bond acceptors (Lipinski definition) is 4. The fraction of sp³-hybridized carbons (Fsp3) is 0.286. The molecule has 1 amide bonds. The van der Waals surface area contributed by atoms with Gasteiger partial charge in [0.2, 0.25) is 15.9 Å². The predicted octanol–water partition coefficient (Wildman–Crippen LogP) is 3.00. The molecule has 0 spiro atoms. The Balaban J connectivity index is 1.58. The number of nitrogens with one attached hydrogen (secondary N) is 1. The number of benzene rings is 2. The van der Waals surface area contributed by atoms with Crippen LogP contribution in [0.3, 0.4) is 0 Å². The van der Waals surface area contributed by atoms with Gasteiger partial charge in [0.25, 0.3) is 0 Å². The van der Waals surface area contributed by atoms with Crippen molar-refractivity contribution < 1.29 is 17.6 Å². The molecule has 7 heteroatoms. The average molecular weight is 398 g/mol. The standard InChI is InChI=1S/C21H22N2O4S/c1-14(20-12-16-8-5-6-10-19(16)27-20)22-21(24)18-11-15-7-3-4-9-17(15)13-23(18)28(2,25)26/h3-10,12,14,18H,11,13H2,1-2H3,(H,22,24)/t14-,18-/m1/s1. The van der Waals surface area contributed by atoms with E-state index in [9.17, 15) is 13.2 Å². The van der Waals surface area contributed by atoms with Gasteiger partial charge in [0, 0.05) is 11.9 Å². The van der Waals surface area contributed by atoms with Crippen molar-refractivity contribution in [1.29, 1.82) is 0 Å². The van der Waals surface area contributed by atoms with Crippen LogP contribution in [0, 0.1) is 0 Å². The van der Waals surface area contributed by atoms with Crippen LogP contribution >= 0.6 is 0 Å². The molecule has 0 aliphatic carbocycles. The monoisotopic (exact) mass is 398 g/mol. The molecular weight excluding hydrogens is 376 g/mol. The number of carbonyl (C=O) groups is 1. The Morgan fingerprint density at radius 1 is 1.14 bits per heavy atom. The molecule has 1 aliphatic rings. The highest BCUT2D eigenvalue weighted by Crippen LogP contribution is 2.27. The Morgan fingerprint density at radius 2 is 1.82 bits per heavy atom. The van der Waals surface area contributed by atoms with E-state index in [0.29, 0.717) is 12.2 Å². The average Bonchev–Trinajstić information content (AvgIpc) is 3.10. The van der Waals surface area contributed by atoms with Gasteiger partial charge in [0.1, 0.15) is 17.4 Å². The van der Waals surface area contributed by atoms with E-state index in [2.05, 4.69) is 5.32 Å². The second-order valence-electron chi connectivity index (χ2n) is 7.21. The van der Waals surface area contributed by atoms with Crippen molar-refractivity contribution in [2.24, 2.45) is 0 Å². The minimum atomic E-state index is -3.53. The van der Waals surface area contributed by atoms with Crippen LogP contribution in [-0.4, -0.2) is 30.9 Å². The molecule has 2 heterocycles. The van der Waals surface area contributed by atoms with Gasteiger partial charge in [-0.3, -0.25) is 4.79 Å². The third kappa shape index (κ3) is 3.55. The van der Waals surface area contributed by atoms with Crippen LogP contribution in [0.15, 0.2) is 59.0 Å². The Bertz CT molecular complexity index is 1100. The Hall–Kier alpha value is -2.64. The molecule has 2 aromatic carbocycles. The molecule has 0 fully saturated rings. The number of para-hydroxylation sites is 1. The summed E-state index contributed by atoms with van der Waals surface area (Å²) in [6, 6.07) is 16.0. The summed E-state index contributed by atoms with van der Waals surface area (Å²) in [6.07, 6.45) is 1.49. The summed E-state index contributed by atoms with van der Waals surface area (Å²) in [4.78, 5) is 13.0. The third-order valence-corrected chi connectivity index (χ3v) is 6.40. The molecule has 3 aromatic rings. The molecule has 2 atom stereocenters. The van der Waals surface area contributed by atoms with Crippen molar-refractivity contribution in [3.05, 3.63) is 71.5 Å². The minimum absolute atomic E-state index is 0.201. The molecule has 6 nitrogen and oxygen atoms in total. The fourth-order valence-corrected chi connectivity index (χ4v) is 4.67. The van der Waals surface area contributed by atoms with Crippen molar-refractivity contribution >= 4 is 26.9 Å². The lowest BCUT2D eigenvalue weighted by atomic mass is 9.95. The van der Waals surface area contributed by atoms with Crippen molar-refractivity contribution in [2.75, 3.05) is 6.26 Å². The highest BCUT2D eigenvalue weighted by molar-refractivity contribution is 7.88. The summed E-state index contributed by atoms with van der Waals surface area (Å²) < 4.78 is 31.7. The van der Waals surface area contributed by atoms with E-state index < -0.39 is 16.1 Å². The maximum Gasteiger partial charge on any atom is 0.239 e. The summed E-state index contributed by atoms with van der Waals surface area (Å²) in [5.41, 5.74) is 2.68. The van der Waals surface area contributed by atoms with Crippen LogP contribution in [0.2, 0.25) is 0 Å². The largest absolute Gasteiger partial charge is 0.459 e. The van der Waals surface area contributed by atoms with Crippen molar-refractivity contribution in [2.45, 2.75) is 32.0 Å². The molecule has 0 saturated heterocycles. The summed E-state index contributed by atoms with van der Waals surface area (Å²) in [7, 11) is -3.53. The first-order valence-electron chi connectivity index (χ1n) is 9.15. The fourth-order valence-electron chi connectivity index (χ4n) is 3.67. The summed E-state index contributed by atoms with van der Waals surface area (Å²) in [5.74, 6) is 0.310. The Labute approximate surface area is 164 Å². The molecule has 1 N–H and O–H groups in total. The molecular formula is C21H22N2O4S.